The van der Waals surface area contributed by atoms with Gasteiger partial charge in [0, 0.05) is 31.4 Å². The van der Waals surface area contributed by atoms with E-state index in [9.17, 15) is 4.79 Å². The summed E-state index contributed by atoms with van der Waals surface area (Å²) in [7, 11) is 2.00. The van der Waals surface area contributed by atoms with Gasteiger partial charge in [-0.25, -0.2) is 0 Å². The zero-order chi connectivity index (χ0) is 15.4. The standard InChI is InChI=1S/C18H27N3O/c1-20(14-18(22)19-16-7-8-16)13-15-5-9-17(10-6-15)21-11-3-2-4-12-21/h5-6,9-10,16H,2-4,7-8,11-14H2,1H3,(H,19,22). The number of carbonyl (C=O) groups excluding carboxylic acids is 1. The largest absolute Gasteiger partial charge is 0.372 e. The van der Waals surface area contributed by atoms with Gasteiger partial charge in [0.2, 0.25) is 5.91 Å². The molecule has 120 valence electrons. The lowest BCUT2D eigenvalue weighted by Gasteiger charge is -2.29. The van der Waals surface area contributed by atoms with Crippen LogP contribution in [0.5, 0.6) is 0 Å². The van der Waals surface area contributed by atoms with Crippen LogP contribution in [0.4, 0.5) is 5.69 Å². The van der Waals surface area contributed by atoms with Gasteiger partial charge in [-0.2, -0.15) is 0 Å². The highest BCUT2D eigenvalue weighted by Crippen LogP contribution is 2.21. The normalized spacial score (nSPS) is 18.5. The van der Waals surface area contributed by atoms with Crippen molar-refractivity contribution in [1.29, 1.82) is 0 Å². The number of rotatable bonds is 6. The van der Waals surface area contributed by atoms with Gasteiger partial charge in [0.1, 0.15) is 0 Å². The highest BCUT2D eigenvalue weighted by atomic mass is 16.2. The third-order valence-electron chi connectivity index (χ3n) is 4.47. The van der Waals surface area contributed by atoms with Crippen LogP contribution in [0.2, 0.25) is 0 Å². The summed E-state index contributed by atoms with van der Waals surface area (Å²) < 4.78 is 0. The molecule has 1 saturated carbocycles. The first-order valence-corrected chi connectivity index (χ1v) is 8.52. The number of piperidine rings is 1. The summed E-state index contributed by atoms with van der Waals surface area (Å²) in [6, 6.07) is 9.28. The number of amides is 1. The number of hydrogen-bond donors (Lipinski definition) is 1. The molecule has 0 aromatic heterocycles. The maximum Gasteiger partial charge on any atom is 0.234 e. The van der Waals surface area contributed by atoms with Crippen molar-refractivity contribution in [3.63, 3.8) is 0 Å². The number of likely N-dealkylation sites (N-methyl/N-ethyl adjacent to an activating group) is 1. The van der Waals surface area contributed by atoms with Crippen LogP contribution >= 0.6 is 0 Å². The van der Waals surface area contributed by atoms with Crippen molar-refractivity contribution in [3.05, 3.63) is 29.8 Å². The number of benzene rings is 1. The minimum atomic E-state index is 0.148. The Morgan fingerprint density at radius 1 is 1.18 bits per heavy atom. The van der Waals surface area contributed by atoms with Crippen LogP contribution in [-0.4, -0.2) is 43.5 Å². The minimum Gasteiger partial charge on any atom is -0.372 e. The average Bonchev–Trinajstić information content (AvgIpc) is 3.32. The molecule has 2 aliphatic rings. The predicted octanol–water partition coefficient (Wildman–Crippen LogP) is 2.39. The summed E-state index contributed by atoms with van der Waals surface area (Å²) in [5, 5.41) is 3.04. The van der Waals surface area contributed by atoms with Gasteiger partial charge in [-0.3, -0.25) is 9.69 Å². The van der Waals surface area contributed by atoms with E-state index < -0.39 is 0 Å². The molecule has 2 fully saturated rings. The molecule has 4 heteroatoms. The summed E-state index contributed by atoms with van der Waals surface area (Å²) in [4.78, 5) is 16.3. The fraction of sp³-hybridized carbons (Fsp3) is 0.611. The Bertz CT molecular complexity index is 490. The second-order valence-electron chi connectivity index (χ2n) is 6.73. The van der Waals surface area contributed by atoms with E-state index in [4.69, 9.17) is 0 Å². The molecule has 4 nitrogen and oxygen atoms in total. The van der Waals surface area contributed by atoms with Crippen molar-refractivity contribution >= 4 is 11.6 Å². The molecule has 0 bridgehead atoms. The smallest absolute Gasteiger partial charge is 0.234 e. The van der Waals surface area contributed by atoms with Crippen LogP contribution in [0.3, 0.4) is 0 Å². The van der Waals surface area contributed by atoms with E-state index >= 15 is 0 Å². The van der Waals surface area contributed by atoms with Gasteiger partial charge in [-0.1, -0.05) is 12.1 Å². The van der Waals surface area contributed by atoms with Crippen LogP contribution in [0.25, 0.3) is 0 Å². The van der Waals surface area contributed by atoms with E-state index in [-0.39, 0.29) is 5.91 Å². The zero-order valence-corrected chi connectivity index (χ0v) is 13.6. The lowest BCUT2D eigenvalue weighted by atomic mass is 10.1. The van der Waals surface area contributed by atoms with Crippen molar-refractivity contribution in [2.45, 2.75) is 44.7 Å². The highest BCUT2D eigenvalue weighted by Gasteiger charge is 2.23. The Morgan fingerprint density at radius 2 is 1.86 bits per heavy atom. The molecule has 1 N–H and O–H groups in total. The lowest BCUT2D eigenvalue weighted by molar-refractivity contribution is -0.122. The molecule has 0 radical (unpaired) electrons. The Labute approximate surface area is 133 Å². The van der Waals surface area contributed by atoms with Crippen molar-refractivity contribution in [2.75, 3.05) is 31.6 Å². The van der Waals surface area contributed by atoms with Crippen molar-refractivity contribution in [3.8, 4) is 0 Å². The zero-order valence-electron chi connectivity index (χ0n) is 13.6. The van der Waals surface area contributed by atoms with Crippen molar-refractivity contribution in [1.82, 2.24) is 10.2 Å². The maximum atomic E-state index is 11.8. The first-order valence-electron chi connectivity index (χ1n) is 8.52. The molecule has 22 heavy (non-hydrogen) atoms. The van der Waals surface area contributed by atoms with Crippen LogP contribution < -0.4 is 10.2 Å². The van der Waals surface area contributed by atoms with E-state index in [1.54, 1.807) is 0 Å². The van der Waals surface area contributed by atoms with Gasteiger partial charge in [0.25, 0.3) is 0 Å². The molecule has 0 atom stereocenters. The molecule has 1 saturated heterocycles. The monoisotopic (exact) mass is 301 g/mol. The summed E-state index contributed by atoms with van der Waals surface area (Å²) in [6.07, 6.45) is 6.27. The quantitative estimate of drug-likeness (QED) is 0.876. The van der Waals surface area contributed by atoms with Crippen LogP contribution in [-0.2, 0) is 11.3 Å². The fourth-order valence-electron chi connectivity index (χ4n) is 3.08. The lowest BCUT2D eigenvalue weighted by Crippen LogP contribution is -2.35. The molecular weight excluding hydrogens is 274 g/mol. The van der Waals surface area contributed by atoms with Gasteiger partial charge in [-0.05, 0) is 56.8 Å². The van der Waals surface area contributed by atoms with Gasteiger partial charge >= 0.3 is 0 Å². The molecule has 1 amide bonds. The number of anilines is 1. The number of nitrogens with one attached hydrogen (secondary N) is 1. The molecular formula is C18H27N3O. The van der Waals surface area contributed by atoms with Gasteiger partial charge < -0.3 is 10.2 Å². The Hall–Kier alpha value is -1.55. The molecule has 0 spiro atoms. The molecule has 3 rings (SSSR count). The number of hydrogen-bond acceptors (Lipinski definition) is 3. The van der Waals surface area contributed by atoms with E-state index in [1.165, 1.54) is 43.6 Å². The minimum absolute atomic E-state index is 0.148. The predicted molar refractivity (Wildman–Crippen MR) is 90.0 cm³/mol. The number of nitrogens with zero attached hydrogens (tertiary/aromatic N) is 2. The fourth-order valence-corrected chi connectivity index (χ4v) is 3.08. The van der Waals surface area contributed by atoms with E-state index in [2.05, 4.69) is 39.4 Å². The van der Waals surface area contributed by atoms with Gasteiger partial charge in [-0.15, -0.1) is 0 Å². The summed E-state index contributed by atoms with van der Waals surface area (Å²) in [5.74, 6) is 0.148. The summed E-state index contributed by atoms with van der Waals surface area (Å²) in [6.45, 7) is 3.66. The first-order chi connectivity index (χ1) is 10.7. The Kier molecular flexibility index (Phi) is 4.98. The van der Waals surface area contributed by atoms with Crippen molar-refractivity contribution in [2.24, 2.45) is 0 Å². The molecule has 1 aromatic carbocycles. The Balaban J connectivity index is 1.48. The third-order valence-corrected chi connectivity index (χ3v) is 4.47. The average molecular weight is 301 g/mol. The molecule has 1 aliphatic heterocycles. The van der Waals surface area contributed by atoms with Crippen LogP contribution in [0.15, 0.2) is 24.3 Å². The topological polar surface area (TPSA) is 35.6 Å². The second-order valence-corrected chi connectivity index (χ2v) is 6.73. The van der Waals surface area contributed by atoms with Crippen LogP contribution in [0.1, 0.15) is 37.7 Å². The summed E-state index contributed by atoms with van der Waals surface area (Å²) in [5.41, 5.74) is 2.60. The molecule has 1 aromatic rings. The van der Waals surface area contributed by atoms with Crippen LogP contribution in [0, 0.1) is 0 Å². The number of carbonyl (C=O) groups is 1. The van der Waals surface area contributed by atoms with Gasteiger partial charge in [0.15, 0.2) is 0 Å². The second kappa shape index (κ2) is 7.14. The molecule has 1 heterocycles. The summed E-state index contributed by atoms with van der Waals surface area (Å²) >= 11 is 0. The van der Waals surface area contributed by atoms with E-state index in [0.29, 0.717) is 12.6 Å². The first kappa shape index (κ1) is 15.3. The van der Waals surface area contributed by atoms with Gasteiger partial charge in [0.05, 0.1) is 6.54 Å². The molecule has 0 unspecified atom stereocenters. The Morgan fingerprint density at radius 3 is 2.50 bits per heavy atom. The van der Waals surface area contributed by atoms with E-state index in [0.717, 1.165) is 19.4 Å². The maximum absolute atomic E-state index is 11.8. The molecule has 1 aliphatic carbocycles. The highest BCUT2D eigenvalue weighted by molar-refractivity contribution is 5.78. The van der Waals surface area contributed by atoms with Crippen molar-refractivity contribution < 1.29 is 4.79 Å². The van der Waals surface area contributed by atoms with E-state index in [1.807, 2.05) is 7.05 Å². The SMILES string of the molecule is CN(CC(=O)NC1CC1)Cc1ccc(N2CCCCC2)cc1. The third kappa shape index (κ3) is 4.47.